The number of aliphatic imine (C=N–C) groups is 1. The summed E-state index contributed by atoms with van der Waals surface area (Å²) in [6.45, 7) is 6.89. The van der Waals surface area contributed by atoms with Gasteiger partial charge in [-0.15, -0.1) is 0 Å². The quantitative estimate of drug-likeness (QED) is 0.901. The number of nitrogens with two attached hydrogens (primary N) is 1. The van der Waals surface area contributed by atoms with E-state index in [0.717, 1.165) is 24.7 Å². The second-order valence-electron chi connectivity index (χ2n) is 5.05. The fourth-order valence-electron chi connectivity index (χ4n) is 2.53. The lowest BCUT2D eigenvalue weighted by Gasteiger charge is -2.25. The average Bonchev–Trinajstić information content (AvgIpc) is 2.80. The summed E-state index contributed by atoms with van der Waals surface area (Å²) in [5.74, 6) is 0. The van der Waals surface area contributed by atoms with Crippen LogP contribution in [0.2, 0.25) is 0 Å². The maximum atomic E-state index is 5.92. The third kappa shape index (κ3) is 2.19. The SMILES string of the molecule is Cc1ccc(C2=C(CN)SC3=NCCCN32)cc1C. The monoisotopic (exact) mass is 273 g/mol. The van der Waals surface area contributed by atoms with Gasteiger partial charge in [-0.2, -0.15) is 0 Å². The Kier molecular flexibility index (Phi) is 3.37. The average molecular weight is 273 g/mol. The molecular formula is C15H19N3S. The van der Waals surface area contributed by atoms with E-state index in [9.17, 15) is 0 Å². The molecule has 2 heterocycles. The number of thioether (sulfide) groups is 1. The van der Waals surface area contributed by atoms with Crippen LogP contribution in [-0.2, 0) is 0 Å². The molecule has 3 nitrogen and oxygen atoms in total. The first-order valence-electron chi connectivity index (χ1n) is 6.71. The summed E-state index contributed by atoms with van der Waals surface area (Å²) in [6.07, 6.45) is 1.12. The third-order valence-corrected chi connectivity index (χ3v) is 4.87. The van der Waals surface area contributed by atoms with Crippen LogP contribution in [0.25, 0.3) is 5.70 Å². The molecule has 2 N–H and O–H groups in total. The molecule has 2 aliphatic rings. The van der Waals surface area contributed by atoms with E-state index < -0.39 is 0 Å². The van der Waals surface area contributed by atoms with Crippen molar-refractivity contribution in [2.75, 3.05) is 19.6 Å². The highest BCUT2D eigenvalue weighted by atomic mass is 32.2. The van der Waals surface area contributed by atoms with Gasteiger partial charge in [-0.25, -0.2) is 0 Å². The van der Waals surface area contributed by atoms with Gasteiger partial charge in [0, 0.05) is 24.5 Å². The van der Waals surface area contributed by atoms with E-state index in [1.807, 2.05) is 0 Å². The van der Waals surface area contributed by atoms with Crippen molar-refractivity contribution in [3.63, 3.8) is 0 Å². The summed E-state index contributed by atoms with van der Waals surface area (Å²) >= 11 is 1.74. The molecule has 100 valence electrons. The number of aryl methyl sites for hydroxylation is 2. The topological polar surface area (TPSA) is 41.6 Å². The number of fused-ring (bicyclic) bond motifs is 1. The summed E-state index contributed by atoms with van der Waals surface area (Å²) in [4.78, 5) is 8.19. The van der Waals surface area contributed by atoms with Gasteiger partial charge in [0.25, 0.3) is 0 Å². The molecule has 1 aromatic rings. The molecule has 0 bridgehead atoms. The summed E-state index contributed by atoms with van der Waals surface area (Å²) in [5.41, 5.74) is 11.1. The second kappa shape index (κ2) is 5.02. The molecule has 0 radical (unpaired) electrons. The Morgan fingerprint density at radius 3 is 2.89 bits per heavy atom. The van der Waals surface area contributed by atoms with E-state index in [1.165, 1.54) is 27.3 Å². The Morgan fingerprint density at radius 1 is 1.32 bits per heavy atom. The first-order valence-corrected chi connectivity index (χ1v) is 7.53. The Labute approximate surface area is 118 Å². The Morgan fingerprint density at radius 2 is 2.16 bits per heavy atom. The van der Waals surface area contributed by atoms with Crippen LogP contribution in [0, 0.1) is 13.8 Å². The van der Waals surface area contributed by atoms with Crippen molar-refractivity contribution in [1.82, 2.24) is 4.90 Å². The van der Waals surface area contributed by atoms with E-state index in [-0.39, 0.29) is 0 Å². The molecule has 0 amide bonds. The minimum Gasteiger partial charge on any atom is -0.326 e. The zero-order chi connectivity index (χ0) is 13.4. The molecule has 0 aromatic heterocycles. The summed E-state index contributed by atoms with van der Waals surface area (Å²) in [7, 11) is 0. The number of benzene rings is 1. The second-order valence-corrected chi connectivity index (χ2v) is 6.11. The summed E-state index contributed by atoms with van der Waals surface area (Å²) in [6, 6.07) is 6.65. The van der Waals surface area contributed by atoms with E-state index >= 15 is 0 Å². The van der Waals surface area contributed by atoms with Crippen LogP contribution in [0.5, 0.6) is 0 Å². The van der Waals surface area contributed by atoms with Crippen LogP contribution < -0.4 is 5.73 Å². The standard InChI is InChI=1S/C15H19N3S/c1-10-4-5-12(8-11(10)2)14-13(9-16)19-15-17-6-3-7-18(14)15/h4-5,8H,3,6-7,9,16H2,1-2H3. The lowest BCUT2D eigenvalue weighted by atomic mass is 10.0. The largest absolute Gasteiger partial charge is 0.326 e. The number of rotatable bonds is 2. The van der Waals surface area contributed by atoms with E-state index in [1.54, 1.807) is 11.8 Å². The molecule has 0 unspecified atom stereocenters. The number of amidine groups is 1. The predicted octanol–water partition coefficient (Wildman–Crippen LogP) is 2.74. The van der Waals surface area contributed by atoms with Crippen molar-refractivity contribution in [3.05, 3.63) is 39.8 Å². The molecule has 0 saturated carbocycles. The molecule has 2 aliphatic heterocycles. The van der Waals surface area contributed by atoms with Gasteiger partial charge >= 0.3 is 0 Å². The van der Waals surface area contributed by atoms with Crippen LogP contribution in [0.1, 0.15) is 23.1 Å². The summed E-state index contributed by atoms with van der Waals surface area (Å²) < 4.78 is 0. The predicted molar refractivity (Wildman–Crippen MR) is 83.1 cm³/mol. The molecule has 0 fully saturated rings. The molecule has 3 rings (SSSR count). The third-order valence-electron chi connectivity index (χ3n) is 3.73. The highest BCUT2D eigenvalue weighted by Gasteiger charge is 2.31. The Hall–Kier alpha value is -1.26. The highest BCUT2D eigenvalue weighted by molar-refractivity contribution is 8.17. The van der Waals surface area contributed by atoms with Gasteiger partial charge in [-0.05, 0) is 43.0 Å². The van der Waals surface area contributed by atoms with Crippen molar-refractivity contribution >= 4 is 22.6 Å². The van der Waals surface area contributed by atoms with E-state index in [0.29, 0.717) is 6.54 Å². The maximum Gasteiger partial charge on any atom is 0.168 e. The van der Waals surface area contributed by atoms with E-state index in [2.05, 4.69) is 41.9 Å². The van der Waals surface area contributed by atoms with Gasteiger partial charge in [0.2, 0.25) is 0 Å². The van der Waals surface area contributed by atoms with Crippen LogP contribution in [0.3, 0.4) is 0 Å². The van der Waals surface area contributed by atoms with Gasteiger partial charge in [-0.1, -0.05) is 23.9 Å². The smallest absolute Gasteiger partial charge is 0.168 e. The molecule has 0 atom stereocenters. The van der Waals surface area contributed by atoms with Crippen LogP contribution in [0.4, 0.5) is 0 Å². The van der Waals surface area contributed by atoms with Crippen LogP contribution in [0.15, 0.2) is 28.1 Å². The molecule has 0 saturated heterocycles. The van der Waals surface area contributed by atoms with Gasteiger partial charge in [-0.3, -0.25) is 4.99 Å². The minimum absolute atomic E-state index is 0.586. The van der Waals surface area contributed by atoms with Gasteiger partial charge in [0.15, 0.2) is 5.17 Å². The van der Waals surface area contributed by atoms with Crippen molar-refractivity contribution in [3.8, 4) is 0 Å². The molecule has 19 heavy (non-hydrogen) atoms. The first-order chi connectivity index (χ1) is 9.20. The lowest BCUT2D eigenvalue weighted by molar-refractivity contribution is 0.540. The number of hydrogen-bond donors (Lipinski definition) is 1. The lowest BCUT2D eigenvalue weighted by Crippen LogP contribution is -2.29. The van der Waals surface area contributed by atoms with Gasteiger partial charge in [0.05, 0.1) is 5.70 Å². The van der Waals surface area contributed by atoms with Crippen molar-refractivity contribution < 1.29 is 0 Å². The van der Waals surface area contributed by atoms with Crippen LogP contribution in [-0.4, -0.2) is 29.7 Å². The molecule has 1 aromatic carbocycles. The van der Waals surface area contributed by atoms with E-state index in [4.69, 9.17) is 5.73 Å². The zero-order valence-electron chi connectivity index (χ0n) is 11.4. The number of nitrogens with zero attached hydrogens (tertiary/aromatic N) is 2. The summed E-state index contributed by atoms with van der Waals surface area (Å²) in [5, 5.41) is 1.12. The van der Waals surface area contributed by atoms with Gasteiger partial charge < -0.3 is 10.6 Å². The van der Waals surface area contributed by atoms with Gasteiger partial charge in [0.1, 0.15) is 0 Å². The van der Waals surface area contributed by atoms with Crippen molar-refractivity contribution in [2.24, 2.45) is 10.7 Å². The molecule has 4 heteroatoms. The number of hydrogen-bond acceptors (Lipinski definition) is 4. The van der Waals surface area contributed by atoms with Crippen molar-refractivity contribution in [2.45, 2.75) is 20.3 Å². The fourth-order valence-corrected chi connectivity index (χ4v) is 3.61. The first kappa shape index (κ1) is 12.8. The highest BCUT2D eigenvalue weighted by Crippen LogP contribution is 2.40. The van der Waals surface area contributed by atoms with Crippen molar-refractivity contribution in [1.29, 1.82) is 0 Å². The normalized spacial score (nSPS) is 18.7. The zero-order valence-corrected chi connectivity index (χ0v) is 12.3. The Bertz CT molecular complexity index is 575. The fraction of sp³-hybridized carbons (Fsp3) is 0.400. The van der Waals surface area contributed by atoms with Crippen LogP contribution >= 0.6 is 11.8 Å². The molecule has 0 spiro atoms. The minimum atomic E-state index is 0.586. The maximum absolute atomic E-state index is 5.92. The molecular weight excluding hydrogens is 254 g/mol. The molecule has 0 aliphatic carbocycles. The Balaban J connectivity index is 2.07.